The monoisotopic (exact) mass is 499 g/mol. The minimum absolute atomic E-state index is 1.03. The van der Waals surface area contributed by atoms with Crippen LogP contribution in [0.5, 0.6) is 0 Å². The molecule has 0 saturated carbocycles. The van der Waals surface area contributed by atoms with Gasteiger partial charge in [0.15, 0.2) is 0 Å². The zero-order chi connectivity index (χ0) is 26.3. The molecule has 0 amide bonds. The molecule has 0 spiro atoms. The number of anilines is 5. The van der Waals surface area contributed by atoms with Crippen LogP contribution in [0.2, 0.25) is 0 Å². The van der Waals surface area contributed by atoms with Gasteiger partial charge in [-0.05, 0) is 86.3 Å². The molecule has 0 N–H and O–H groups in total. The van der Waals surface area contributed by atoms with Crippen LogP contribution in [0.3, 0.4) is 0 Å². The molecule has 0 aliphatic rings. The summed E-state index contributed by atoms with van der Waals surface area (Å²) >= 11 is 0. The summed E-state index contributed by atoms with van der Waals surface area (Å²) in [6, 6.07) is 29.3. The summed E-state index contributed by atoms with van der Waals surface area (Å²) in [5.41, 5.74) is 6.42. The third kappa shape index (κ3) is 8.55. The molecule has 3 rings (SSSR count). The van der Waals surface area contributed by atoms with Gasteiger partial charge in [0.1, 0.15) is 0 Å². The topological polar surface area (TPSA) is 9.72 Å². The molecule has 3 aromatic rings. The quantitative estimate of drug-likeness (QED) is 0.183. The Hall–Kier alpha value is -2.94. The number of para-hydroxylation sites is 1. The number of unbranched alkanes of at least 4 members (excludes halogenated alkanes) is 4. The van der Waals surface area contributed by atoms with Crippen LogP contribution in [-0.2, 0) is 0 Å². The lowest BCUT2D eigenvalue weighted by Crippen LogP contribution is -2.25. The molecule has 3 heteroatoms. The molecule has 0 aromatic heterocycles. The van der Waals surface area contributed by atoms with Gasteiger partial charge in [0, 0.05) is 54.6 Å². The largest absolute Gasteiger partial charge is 0.372 e. The summed E-state index contributed by atoms with van der Waals surface area (Å²) < 4.78 is 0. The number of hydrogen-bond donors (Lipinski definition) is 0. The summed E-state index contributed by atoms with van der Waals surface area (Å²) in [5.74, 6) is 0. The highest BCUT2D eigenvalue weighted by molar-refractivity contribution is 5.70. The zero-order valence-corrected chi connectivity index (χ0v) is 23.8. The Morgan fingerprint density at radius 3 is 1.08 bits per heavy atom. The van der Waals surface area contributed by atoms with Crippen molar-refractivity contribution in [2.75, 3.05) is 40.9 Å². The fourth-order valence-corrected chi connectivity index (χ4v) is 4.78. The summed E-state index contributed by atoms with van der Waals surface area (Å²) in [6.45, 7) is 13.4. The smallest absolute Gasteiger partial charge is 0.0412 e. The fraction of sp³-hybridized carbons (Fsp3) is 0.471. The van der Waals surface area contributed by atoms with Crippen molar-refractivity contribution in [1.82, 2.24) is 0 Å². The van der Waals surface area contributed by atoms with E-state index < -0.39 is 0 Å². The Morgan fingerprint density at radius 2 is 0.703 bits per heavy atom. The van der Waals surface area contributed by atoms with Gasteiger partial charge >= 0.3 is 0 Å². The maximum atomic E-state index is 2.57. The molecule has 0 aliphatic heterocycles. The molecule has 0 fully saturated rings. The van der Waals surface area contributed by atoms with Gasteiger partial charge in [-0.3, -0.25) is 0 Å². The molecule has 0 unspecified atom stereocenters. The number of nitrogens with zero attached hydrogens (tertiary/aromatic N) is 3. The van der Waals surface area contributed by atoms with Gasteiger partial charge in [0.2, 0.25) is 0 Å². The Balaban J connectivity index is 1.83. The second-order valence-corrected chi connectivity index (χ2v) is 10.1. The van der Waals surface area contributed by atoms with Gasteiger partial charge in [-0.2, -0.15) is 0 Å². The van der Waals surface area contributed by atoms with E-state index in [2.05, 4.69) is 121 Å². The second kappa shape index (κ2) is 16.0. The molecule has 0 bridgehead atoms. The number of rotatable bonds is 17. The van der Waals surface area contributed by atoms with Crippen molar-refractivity contribution in [3.05, 3.63) is 78.9 Å². The molecular formula is C34H49N3. The maximum Gasteiger partial charge on any atom is 0.0412 e. The van der Waals surface area contributed by atoms with E-state index in [0.717, 1.165) is 26.2 Å². The molecule has 200 valence electrons. The van der Waals surface area contributed by atoms with Crippen LogP contribution in [0, 0.1) is 0 Å². The first-order valence-electron chi connectivity index (χ1n) is 14.8. The number of benzene rings is 3. The molecule has 3 aromatic carbocycles. The summed E-state index contributed by atoms with van der Waals surface area (Å²) in [7, 11) is 0. The first kappa shape index (κ1) is 28.6. The first-order valence-corrected chi connectivity index (χ1v) is 14.8. The number of hydrogen-bond acceptors (Lipinski definition) is 3. The van der Waals surface area contributed by atoms with Gasteiger partial charge in [0.25, 0.3) is 0 Å². The maximum absolute atomic E-state index is 2.57. The van der Waals surface area contributed by atoms with Crippen LogP contribution in [0.25, 0.3) is 0 Å². The summed E-state index contributed by atoms with van der Waals surface area (Å²) in [5, 5.41) is 0. The minimum Gasteiger partial charge on any atom is -0.372 e. The predicted molar refractivity (Wildman–Crippen MR) is 165 cm³/mol. The lowest BCUT2D eigenvalue weighted by atomic mass is 10.1. The highest BCUT2D eigenvalue weighted by Gasteiger charge is 2.13. The van der Waals surface area contributed by atoms with Crippen LogP contribution in [-0.4, -0.2) is 26.2 Å². The van der Waals surface area contributed by atoms with Crippen molar-refractivity contribution in [3.63, 3.8) is 0 Å². The molecule has 0 radical (unpaired) electrons. The van der Waals surface area contributed by atoms with E-state index in [0.29, 0.717) is 0 Å². The second-order valence-electron chi connectivity index (χ2n) is 10.1. The third-order valence-electron chi connectivity index (χ3n) is 7.10. The molecule has 0 heterocycles. The lowest BCUT2D eigenvalue weighted by molar-refractivity contribution is 0.678. The standard InChI is InChI=1S/C34H49N3/c1-5-9-26-35(27-10-6-2)30-18-20-32(21-19-30)37(29-12-8-4)34-24-22-33(23-25-34)36(28-11-7-3)31-16-14-13-15-17-31/h13-25H,5-12,26-29H2,1-4H3. The van der Waals surface area contributed by atoms with Gasteiger partial charge in [-0.15, -0.1) is 0 Å². The molecule has 0 aliphatic carbocycles. The summed E-state index contributed by atoms with van der Waals surface area (Å²) in [6.07, 6.45) is 9.71. The van der Waals surface area contributed by atoms with E-state index >= 15 is 0 Å². The minimum atomic E-state index is 1.03. The van der Waals surface area contributed by atoms with Crippen LogP contribution < -0.4 is 14.7 Å². The van der Waals surface area contributed by atoms with E-state index in [4.69, 9.17) is 0 Å². The van der Waals surface area contributed by atoms with E-state index in [1.54, 1.807) is 0 Å². The van der Waals surface area contributed by atoms with Crippen molar-refractivity contribution < 1.29 is 0 Å². The van der Waals surface area contributed by atoms with E-state index in [1.807, 2.05) is 0 Å². The molecule has 0 atom stereocenters. The van der Waals surface area contributed by atoms with Crippen molar-refractivity contribution in [1.29, 1.82) is 0 Å². The third-order valence-corrected chi connectivity index (χ3v) is 7.10. The lowest BCUT2D eigenvalue weighted by Gasteiger charge is -2.29. The Morgan fingerprint density at radius 1 is 0.378 bits per heavy atom. The van der Waals surface area contributed by atoms with Crippen LogP contribution in [0.15, 0.2) is 78.9 Å². The SMILES string of the molecule is CCCCN(CCCC)c1ccc(N(CCCC)c2ccc(N(CCCC)c3ccccc3)cc2)cc1. The normalized spacial score (nSPS) is 10.9. The predicted octanol–water partition coefficient (Wildman–Crippen LogP) is 9.97. The van der Waals surface area contributed by atoms with E-state index in [-0.39, 0.29) is 0 Å². The van der Waals surface area contributed by atoms with Crippen LogP contribution >= 0.6 is 0 Å². The van der Waals surface area contributed by atoms with Gasteiger partial charge in [0.05, 0.1) is 0 Å². The van der Waals surface area contributed by atoms with Crippen molar-refractivity contribution in [2.24, 2.45) is 0 Å². The van der Waals surface area contributed by atoms with Gasteiger partial charge in [-0.25, -0.2) is 0 Å². The molecule has 0 saturated heterocycles. The van der Waals surface area contributed by atoms with Crippen LogP contribution in [0.1, 0.15) is 79.1 Å². The van der Waals surface area contributed by atoms with E-state index in [1.165, 1.54) is 79.8 Å². The van der Waals surface area contributed by atoms with Crippen molar-refractivity contribution >= 4 is 28.4 Å². The van der Waals surface area contributed by atoms with Gasteiger partial charge in [-0.1, -0.05) is 71.6 Å². The Bertz CT molecular complexity index is 974. The van der Waals surface area contributed by atoms with Crippen molar-refractivity contribution in [3.8, 4) is 0 Å². The fourth-order valence-electron chi connectivity index (χ4n) is 4.78. The van der Waals surface area contributed by atoms with Gasteiger partial charge < -0.3 is 14.7 Å². The Labute approximate surface area is 227 Å². The first-order chi connectivity index (χ1) is 18.2. The van der Waals surface area contributed by atoms with Crippen LogP contribution in [0.4, 0.5) is 28.4 Å². The molecule has 37 heavy (non-hydrogen) atoms. The van der Waals surface area contributed by atoms with E-state index in [9.17, 15) is 0 Å². The molecular weight excluding hydrogens is 450 g/mol. The Kier molecular flexibility index (Phi) is 12.4. The molecule has 3 nitrogen and oxygen atoms in total. The highest BCUT2D eigenvalue weighted by Crippen LogP contribution is 2.32. The zero-order valence-electron chi connectivity index (χ0n) is 23.8. The van der Waals surface area contributed by atoms with Crippen molar-refractivity contribution in [2.45, 2.75) is 79.1 Å². The average molecular weight is 500 g/mol. The average Bonchev–Trinajstić information content (AvgIpc) is 2.95. The summed E-state index contributed by atoms with van der Waals surface area (Å²) in [4.78, 5) is 7.49. The highest BCUT2D eigenvalue weighted by atomic mass is 15.2.